The summed E-state index contributed by atoms with van der Waals surface area (Å²) >= 11 is 0. The summed E-state index contributed by atoms with van der Waals surface area (Å²) in [5.41, 5.74) is 4.00. The molecule has 0 spiro atoms. The minimum absolute atomic E-state index is 0.0996. The molecular formula is C24H23N3O2. The molecule has 0 bridgehead atoms. The summed E-state index contributed by atoms with van der Waals surface area (Å²) in [6.45, 7) is 0.0996. The number of hydrogen-bond donors (Lipinski definition) is 3. The number of nitrogens with one attached hydrogen (secondary N) is 3. The van der Waals surface area contributed by atoms with Gasteiger partial charge in [-0.1, -0.05) is 60.7 Å². The molecule has 3 N–H and O–H groups in total. The molecule has 0 atom stereocenters. The highest BCUT2D eigenvalue weighted by Gasteiger charge is 2.25. The third-order valence-corrected chi connectivity index (χ3v) is 4.81. The summed E-state index contributed by atoms with van der Waals surface area (Å²) in [6.07, 6.45) is 2.04. The van der Waals surface area contributed by atoms with Gasteiger partial charge < -0.3 is 16.0 Å². The first-order chi connectivity index (χ1) is 14.2. The molecule has 5 nitrogen and oxygen atoms in total. The van der Waals surface area contributed by atoms with Crippen molar-refractivity contribution in [3.63, 3.8) is 0 Å². The quantitative estimate of drug-likeness (QED) is 0.568. The maximum Gasteiger partial charge on any atom is 0.253 e. The van der Waals surface area contributed by atoms with E-state index in [9.17, 15) is 9.59 Å². The molecule has 2 amide bonds. The molecule has 0 heterocycles. The van der Waals surface area contributed by atoms with Crippen molar-refractivity contribution < 1.29 is 9.59 Å². The summed E-state index contributed by atoms with van der Waals surface area (Å²) in [5.74, 6) is -0.356. The average molecular weight is 385 g/mol. The molecule has 1 fully saturated rings. The Labute approximate surface area is 170 Å². The van der Waals surface area contributed by atoms with Crippen LogP contribution in [0.15, 0.2) is 78.9 Å². The summed E-state index contributed by atoms with van der Waals surface area (Å²) in [7, 11) is 0. The van der Waals surface area contributed by atoms with Crippen molar-refractivity contribution in [3.8, 4) is 11.1 Å². The predicted octanol–water partition coefficient (Wildman–Crippen LogP) is 4.30. The fraction of sp³-hybridized carbons (Fsp3) is 0.167. The lowest BCUT2D eigenvalue weighted by atomic mass is 10.0. The van der Waals surface area contributed by atoms with Crippen molar-refractivity contribution in [3.05, 3.63) is 84.4 Å². The zero-order valence-electron chi connectivity index (χ0n) is 16.0. The van der Waals surface area contributed by atoms with Gasteiger partial charge in [0.15, 0.2) is 0 Å². The van der Waals surface area contributed by atoms with Crippen LogP contribution in [0.3, 0.4) is 0 Å². The number of para-hydroxylation sites is 2. The van der Waals surface area contributed by atoms with E-state index in [0.29, 0.717) is 11.3 Å². The van der Waals surface area contributed by atoms with Crippen LogP contribution in [-0.2, 0) is 4.79 Å². The molecule has 0 radical (unpaired) electrons. The first-order valence-electron chi connectivity index (χ1n) is 9.79. The number of hydrogen-bond acceptors (Lipinski definition) is 3. The van der Waals surface area contributed by atoms with Gasteiger partial charge in [0.2, 0.25) is 5.91 Å². The lowest BCUT2D eigenvalue weighted by Gasteiger charge is -2.14. The molecule has 0 aliphatic heterocycles. The van der Waals surface area contributed by atoms with Crippen LogP contribution in [-0.4, -0.2) is 24.4 Å². The average Bonchev–Trinajstić information content (AvgIpc) is 3.57. The Hall–Kier alpha value is -3.60. The van der Waals surface area contributed by atoms with Gasteiger partial charge in [0.05, 0.1) is 17.8 Å². The number of rotatable bonds is 7. The van der Waals surface area contributed by atoms with Gasteiger partial charge in [-0.3, -0.25) is 9.59 Å². The van der Waals surface area contributed by atoms with Gasteiger partial charge in [-0.05, 0) is 36.6 Å². The maximum atomic E-state index is 12.5. The van der Waals surface area contributed by atoms with E-state index in [1.807, 2.05) is 60.7 Å². The van der Waals surface area contributed by atoms with E-state index < -0.39 is 0 Å². The first-order valence-corrected chi connectivity index (χ1v) is 9.79. The van der Waals surface area contributed by atoms with Crippen LogP contribution in [0.5, 0.6) is 0 Å². The van der Waals surface area contributed by atoms with E-state index in [0.717, 1.165) is 29.7 Å². The van der Waals surface area contributed by atoms with Gasteiger partial charge in [0.25, 0.3) is 5.91 Å². The molecule has 5 heteroatoms. The number of amides is 2. The highest BCUT2D eigenvalue weighted by Crippen LogP contribution is 2.27. The summed E-state index contributed by atoms with van der Waals surface area (Å²) in [5, 5.41) is 9.02. The lowest BCUT2D eigenvalue weighted by Crippen LogP contribution is -2.28. The van der Waals surface area contributed by atoms with Gasteiger partial charge >= 0.3 is 0 Å². The molecule has 146 valence electrons. The van der Waals surface area contributed by atoms with Crippen LogP contribution in [0.1, 0.15) is 23.2 Å². The van der Waals surface area contributed by atoms with Crippen LogP contribution >= 0.6 is 0 Å². The summed E-state index contributed by atoms with van der Waals surface area (Å²) in [6, 6.07) is 25.3. The van der Waals surface area contributed by atoms with Crippen LogP contribution in [0.4, 0.5) is 11.4 Å². The second-order valence-electron chi connectivity index (χ2n) is 7.11. The van der Waals surface area contributed by atoms with Crippen LogP contribution < -0.4 is 16.0 Å². The van der Waals surface area contributed by atoms with Crippen molar-refractivity contribution in [2.45, 2.75) is 18.9 Å². The number of carbonyl (C=O) groups excluding carboxylic acids is 2. The molecule has 29 heavy (non-hydrogen) atoms. The highest BCUT2D eigenvalue weighted by molar-refractivity contribution is 6.04. The monoisotopic (exact) mass is 385 g/mol. The smallest absolute Gasteiger partial charge is 0.253 e. The largest absolute Gasteiger partial charge is 0.376 e. The molecule has 4 rings (SSSR count). The second kappa shape index (κ2) is 8.61. The molecule has 0 saturated heterocycles. The third kappa shape index (κ3) is 4.82. The summed E-state index contributed by atoms with van der Waals surface area (Å²) in [4.78, 5) is 24.9. The Bertz CT molecular complexity index is 1010. The van der Waals surface area contributed by atoms with Crippen molar-refractivity contribution in [2.24, 2.45) is 0 Å². The highest BCUT2D eigenvalue weighted by atomic mass is 16.2. The van der Waals surface area contributed by atoms with Crippen LogP contribution in [0.25, 0.3) is 11.1 Å². The molecular weight excluding hydrogens is 362 g/mol. The van der Waals surface area contributed by atoms with Crippen molar-refractivity contribution >= 4 is 23.2 Å². The fourth-order valence-corrected chi connectivity index (χ4v) is 3.16. The Morgan fingerprint density at radius 1 is 0.793 bits per heavy atom. The lowest BCUT2D eigenvalue weighted by molar-refractivity contribution is -0.114. The molecule has 1 aliphatic carbocycles. The molecule has 1 saturated carbocycles. The van der Waals surface area contributed by atoms with Crippen LogP contribution in [0, 0.1) is 0 Å². The Balaban J connectivity index is 1.42. The van der Waals surface area contributed by atoms with Crippen molar-refractivity contribution in [1.29, 1.82) is 0 Å². The fourth-order valence-electron chi connectivity index (χ4n) is 3.16. The van der Waals surface area contributed by atoms with E-state index in [1.165, 1.54) is 0 Å². The Morgan fingerprint density at radius 3 is 2.21 bits per heavy atom. The summed E-state index contributed by atoms with van der Waals surface area (Å²) < 4.78 is 0. The van der Waals surface area contributed by atoms with Gasteiger partial charge in [-0.25, -0.2) is 0 Å². The second-order valence-corrected chi connectivity index (χ2v) is 7.11. The van der Waals surface area contributed by atoms with Gasteiger partial charge in [-0.15, -0.1) is 0 Å². The molecule has 0 unspecified atom stereocenters. The Morgan fingerprint density at radius 2 is 1.45 bits per heavy atom. The minimum Gasteiger partial charge on any atom is -0.376 e. The van der Waals surface area contributed by atoms with E-state index >= 15 is 0 Å². The van der Waals surface area contributed by atoms with Crippen LogP contribution in [0.2, 0.25) is 0 Å². The van der Waals surface area contributed by atoms with Gasteiger partial charge in [0.1, 0.15) is 0 Å². The van der Waals surface area contributed by atoms with E-state index in [4.69, 9.17) is 0 Å². The van der Waals surface area contributed by atoms with Crippen molar-refractivity contribution in [1.82, 2.24) is 5.32 Å². The Kier molecular flexibility index (Phi) is 5.56. The van der Waals surface area contributed by atoms with E-state index in [-0.39, 0.29) is 24.4 Å². The van der Waals surface area contributed by atoms with Gasteiger partial charge in [-0.2, -0.15) is 0 Å². The van der Waals surface area contributed by atoms with Gasteiger partial charge in [0, 0.05) is 17.3 Å². The molecule has 3 aromatic rings. The molecule has 0 aromatic heterocycles. The SMILES string of the molecule is O=C(CNc1ccccc1-c1ccccc1)Nc1ccccc1C(=O)NC1CC1. The maximum absolute atomic E-state index is 12.5. The number of anilines is 2. The van der Waals surface area contributed by atoms with E-state index in [2.05, 4.69) is 16.0 Å². The first kappa shape index (κ1) is 18.7. The molecule has 1 aliphatic rings. The standard InChI is InChI=1S/C24H23N3O2/c28-23(27-22-13-7-5-11-20(22)24(29)26-18-14-15-18)16-25-21-12-6-4-10-19(21)17-8-2-1-3-9-17/h1-13,18,25H,14-16H2,(H,26,29)(H,27,28). The molecule has 3 aromatic carbocycles. The van der Waals surface area contributed by atoms with E-state index in [1.54, 1.807) is 18.2 Å². The minimum atomic E-state index is -0.209. The third-order valence-electron chi connectivity index (χ3n) is 4.81. The topological polar surface area (TPSA) is 70.2 Å². The zero-order chi connectivity index (χ0) is 20.1. The number of carbonyl (C=O) groups is 2. The zero-order valence-corrected chi connectivity index (χ0v) is 16.0. The van der Waals surface area contributed by atoms with Crippen molar-refractivity contribution in [2.75, 3.05) is 17.2 Å². The predicted molar refractivity (Wildman–Crippen MR) is 116 cm³/mol. The number of benzene rings is 3. The normalized spacial score (nSPS) is 12.8.